The van der Waals surface area contributed by atoms with Gasteiger partial charge < -0.3 is 9.64 Å². The van der Waals surface area contributed by atoms with Crippen molar-refractivity contribution in [2.45, 2.75) is 20.0 Å². The first-order valence-corrected chi connectivity index (χ1v) is 5.87. The molecule has 0 unspecified atom stereocenters. The van der Waals surface area contributed by atoms with Crippen LogP contribution in [0.3, 0.4) is 0 Å². The molecule has 0 fully saturated rings. The molecular formula is C12H17F2N3O2. The Bertz CT molecular complexity index is 437. The summed E-state index contributed by atoms with van der Waals surface area (Å²) in [5, 5.41) is 0. The van der Waals surface area contributed by atoms with Gasteiger partial charge in [0, 0.05) is 24.8 Å². The molecule has 0 saturated heterocycles. The van der Waals surface area contributed by atoms with Crippen molar-refractivity contribution < 1.29 is 18.3 Å². The molecular weight excluding hydrogens is 256 g/mol. The van der Waals surface area contributed by atoms with Crippen molar-refractivity contribution in [3.05, 3.63) is 24.3 Å². The van der Waals surface area contributed by atoms with E-state index in [1.807, 2.05) is 18.7 Å². The summed E-state index contributed by atoms with van der Waals surface area (Å²) in [4.78, 5) is 12.8. The third-order valence-electron chi connectivity index (χ3n) is 2.59. The van der Waals surface area contributed by atoms with E-state index in [0.717, 1.165) is 18.8 Å². The minimum atomic E-state index is -4.00. The van der Waals surface area contributed by atoms with E-state index in [-0.39, 0.29) is 5.75 Å². The van der Waals surface area contributed by atoms with Gasteiger partial charge in [0.25, 0.3) is 0 Å². The number of nitrogens with two attached hydrogens (primary N) is 1. The number of hydrazine groups is 1. The fourth-order valence-electron chi connectivity index (χ4n) is 1.61. The lowest BCUT2D eigenvalue weighted by Crippen LogP contribution is -2.47. The molecule has 0 spiro atoms. The minimum absolute atomic E-state index is 0.0991. The van der Waals surface area contributed by atoms with Gasteiger partial charge in [-0.05, 0) is 26.0 Å². The van der Waals surface area contributed by atoms with Gasteiger partial charge in [-0.2, -0.15) is 8.78 Å². The molecule has 0 heterocycles. The standard InChI is InChI=1S/C12H17F2N3O2/c1-3-17(4-2)9-6-5-7-10(8-9)19-12(13,14)11(18)16-15/h5-8H,3-4,15H2,1-2H3,(H,16,18). The molecule has 0 saturated carbocycles. The Morgan fingerprint density at radius 3 is 2.58 bits per heavy atom. The molecule has 19 heavy (non-hydrogen) atoms. The predicted molar refractivity (Wildman–Crippen MR) is 67.9 cm³/mol. The topological polar surface area (TPSA) is 67.6 Å². The number of hydrogen-bond donors (Lipinski definition) is 2. The Morgan fingerprint density at radius 1 is 1.42 bits per heavy atom. The normalized spacial score (nSPS) is 11.0. The van der Waals surface area contributed by atoms with E-state index >= 15 is 0 Å². The van der Waals surface area contributed by atoms with Crippen LogP contribution in [-0.4, -0.2) is 25.1 Å². The van der Waals surface area contributed by atoms with Crippen LogP contribution in [0.25, 0.3) is 0 Å². The fraction of sp³-hybridized carbons (Fsp3) is 0.417. The molecule has 0 bridgehead atoms. The maximum atomic E-state index is 13.3. The molecule has 5 nitrogen and oxygen atoms in total. The monoisotopic (exact) mass is 273 g/mol. The van der Waals surface area contributed by atoms with E-state index in [4.69, 9.17) is 0 Å². The molecule has 0 atom stereocenters. The summed E-state index contributed by atoms with van der Waals surface area (Å²) >= 11 is 0. The van der Waals surface area contributed by atoms with Crippen molar-refractivity contribution in [1.82, 2.24) is 5.43 Å². The van der Waals surface area contributed by atoms with Crippen LogP contribution in [0.5, 0.6) is 5.75 Å². The van der Waals surface area contributed by atoms with Crippen molar-refractivity contribution >= 4 is 11.6 Å². The van der Waals surface area contributed by atoms with Gasteiger partial charge in [-0.3, -0.25) is 10.2 Å². The molecule has 1 rings (SSSR count). The summed E-state index contributed by atoms with van der Waals surface area (Å²) in [6.07, 6.45) is -4.00. The molecule has 0 aliphatic carbocycles. The molecule has 0 aliphatic heterocycles. The summed E-state index contributed by atoms with van der Waals surface area (Å²) < 4.78 is 30.9. The Labute approximate surface area is 110 Å². The SMILES string of the molecule is CCN(CC)c1cccc(OC(F)(F)C(=O)NN)c1. The number of benzene rings is 1. The zero-order valence-electron chi connectivity index (χ0n) is 10.8. The number of ether oxygens (including phenoxy) is 1. The van der Waals surface area contributed by atoms with Crippen LogP contribution in [0.15, 0.2) is 24.3 Å². The second-order valence-electron chi connectivity index (χ2n) is 3.76. The number of rotatable bonds is 6. The lowest BCUT2D eigenvalue weighted by molar-refractivity contribution is -0.192. The first-order valence-electron chi connectivity index (χ1n) is 5.87. The van der Waals surface area contributed by atoms with Crippen molar-refractivity contribution in [3.63, 3.8) is 0 Å². The molecule has 1 amide bonds. The van der Waals surface area contributed by atoms with Crippen molar-refractivity contribution in [1.29, 1.82) is 0 Å². The average molecular weight is 273 g/mol. The number of alkyl halides is 2. The highest BCUT2D eigenvalue weighted by Crippen LogP contribution is 2.26. The largest absolute Gasteiger partial charge is 0.483 e. The van der Waals surface area contributed by atoms with E-state index in [1.165, 1.54) is 17.6 Å². The van der Waals surface area contributed by atoms with Crippen LogP contribution >= 0.6 is 0 Å². The van der Waals surface area contributed by atoms with E-state index in [0.29, 0.717) is 0 Å². The van der Waals surface area contributed by atoms with Crippen LogP contribution in [0, 0.1) is 0 Å². The number of carbonyl (C=O) groups excluding carboxylic acids is 1. The third-order valence-corrected chi connectivity index (χ3v) is 2.59. The van der Waals surface area contributed by atoms with Crippen LogP contribution in [0.1, 0.15) is 13.8 Å². The molecule has 3 N–H and O–H groups in total. The van der Waals surface area contributed by atoms with Gasteiger partial charge in [0.05, 0.1) is 0 Å². The summed E-state index contributed by atoms with van der Waals surface area (Å²) in [7, 11) is 0. The van der Waals surface area contributed by atoms with Gasteiger partial charge >= 0.3 is 12.0 Å². The maximum Gasteiger partial charge on any atom is 0.483 e. The predicted octanol–water partition coefficient (Wildman–Crippen LogP) is 1.49. The quantitative estimate of drug-likeness (QED) is 0.468. The van der Waals surface area contributed by atoms with Gasteiger partial charge in [-0.15, -0.1) is 0 Å². The Kier molecular flexibility index (Phi) is 5.05. The van der Waals surface area contributed by atoms with E-state index in [9.17, 15) is 13.6 Å². The number of hydrogen-bond acceptors (Lipinski definition) is 4. The lowest BCUT2D eigenvalue weighted by Gasteiger charge is -2.22. The first kappa shape index (κ1) is 15.2. The number of halogens is 2. The van der Waals surface area contributed by atoms with Crippen molar-refractivity contribution in [2.24, 2.45) is 5.84 Å². The van der Waals surface area contributed by atoms with Gasteiger partial charge in [0.1, 0.15) is 5.75 Å². The fourth-order valence-corrected chi connectivity index (χ4v) is 1.61. The number of nitrogens with one attached hydrogen (secondary N) is 1. The molecule has 0 aliphatic rings. The molecule has 7 heteroatoms. The summed E-state index contributed by atoms with van der Waals surface area (Å²) in [6, 6.07) is 6.16. The van der Waals surface area contributed by atoms with Crippen LogP contribution in [0.2, 0.25) is 0 Å². The molecule has 106 valence electrons. The van der Waals surface area contributed by atoms with E-state index in [1.54, 1.807) is 12.1 Å². The summed E-state index contributed by atoms with van der Waals surface area (Å²) in [5.74, 6) is 2.87. The second-order valence-corrected chi connectivity index (χ2v) is 3.76. The maximum absolute atomic E-state index is 13.3. The van der Waals surface area contributed by atoms with Gasteiger partial charge in [-0.1, -0.05) is 6.07 Å². The number of carbonyl (C=O) groups is 1. The Morgan fingerprint density at radius 2 is 2.05 bits per heavy atom. The molecule has 1 aromatic carbocycles. The number of nitrogens with zero attached hydrogens (tertiary/aromatic N) is 1. The molecule has 0 aromatic heterocycles. The van der Waals surface area contributed by atoms with Crippen molar-refractivity contribution in [2.75, 3.05) is 18.0 Å². The highest BCUT2D eigenvalue weighted by Gasteiger charge is 2.41. The zero-order valence-corrected chi connectivity index (χ0v) is 10.8. The van der Waals surface area contributed by atoms with Crippen LogP contribution in [0.4, 0.5) is 14.5 Å². The average Bonchev–Trinajstić information content (AvgIpc) is 2.39. The molecule has 1 aromatic rings. The molecule has 0 radical (unpaired) electrons. The number of anilines is 1. The zero-order chi connectivity index (χ0) is 14.5. The van der Waals surface area contributed by atoms with Crippen LogP contribution < -0.4 is 20.9 Å². The third kappa shape index (κ3) is 3.78. The Balaban J connectivity index is 2.91. The van der Waals surface area contributed by atoms with Crippen molar-refractivity contribution in [3.8, 4) is 5.75 Å². The summed E-state index contributed by atoms with van der Waals surface area (Å²) in [5.41, 5.74) is 2.10. The summed E-state index contributed by atoms with van der Waals surface area (Å²) in [6.45, 7) is 5.38. The Hall–Kier alpha value is -1.89. The first-order chi connectivity index (χ1) is 8.94. The highest BCUT2D eigenvalue weighted by molar-refractivity contribution is 5.81. The lowest BCUT2D eigenvalue weighted by atomic mass is 10.2. The van der Waals surface area contributed by atoms with Crippen LogP contribution in [-0.2, 0) is 4.79 Å². The highest BCUT2D eigenvalue weighted by atomic mass is 19.3. The van der Waals surface area contributed by atoms with E-state index in [2.05, 4.69) is 10.6 Å². The smallest absolute Gasteiger partial charge is 0.425 e. The van der Waals surface area contributed by atoms with E-state index < -0.39 is 12.0 Å². The van der Waals surface area contributed by atoms with Gasteiger partial charge in [-0.25, -0.2) is 5.84 Å². The van der Waals surface area contributed by atoms with Gasteiger partial charge in [0.15, 0.2) is 0 Å². The second kappa shape index (κ2) is 6.33. The number of amides is 1. The van der Waals surface area contributed by atoms with Gasteiger partial charge in [0.2, 0.25) is 0 Å². The minimum Gasteiger partial charge on any atom is -0.425 e.